The molecule has 1 rings (SSSR count). The van der Waals surface area contributed by atoms with Crippen LogP contribution in [0.3, 0.4) is 0 Å². The van der Waals surface area contributed by atoms with Crippen molar-refractivity contribution in [2.24, 2.45) is 0 Å². The Labute approximate surface area is 100 Å². The molecule has 0 saturated heterocycles. The van der Waals surface area contributed by atoms with E-state index in [2.05, 4.69) is 4.74 Å². The minimum Gasteiger partial charge on any atom is -0.389 e. The Kier molecular flexibility index (Phi) is 3.84. The van der Waals surface area contributed by atoms with Crippen LogP contribution in [0.4, 0.5) is 26.3 Å². The molecule has 0 saturated carbocycles. The van der Waals surface area contributed by atoms with Gasteiger partial charge in [-0.05, 0) is 0 Å². The van der Waals surface area contributed by atoms with Crippen LogP contribution in [0.25, 0.3) is 0 Å². The molecule has 0 unspecified atom stereocenters. The Morgan fingerprint density at radius 1 is 1.22 bits per heavy atom. The fourth-order valence-electron chi connectivity index (χ4n) is 1.05. The molecule has 1 N–H and O–H groups in total. The lowest BCUT2D eigenvalue weighted by Crippen LogP contribution is -2.24. The van der Waals surface area contributed by atoms with Gasteiger partial charge < -0.3 is 9.72 Å². The van der Waals surface area contributed by atoms with E-state index in [9.17, 15) is 31.1 Å². The highest BCUT2D eigenvalue weighted by atomic mass is 35.5. The molecular formula is C8H4ClF6NO2. The number of halogens is 7. The Bertz CT molecular complexity index is 492. The summed E-state index contributed by atoms with van der Waals surface area (Å²) in [5.74, 6) is -2.09. The van der Waals surface area contributed by atoms with Gasteiger partial charge in [0.25, 0.3) is 0 Å². The molecule has 1 aromatic rings. The van der Waals surface area contributed by atoms with Crippen LogP contribution in [0.15, 0.2) is 10.9 Å². The Hall–Kier alpha value is -1.38. The summed E-state index contributed by atoms with van der Waals surface area (Å²) >= 11 is 5.18. The van der Waals surface area contributed by atoms with E-state index in [4.69, 9.17) is 11.6 Å². The highest BCUT2D eigenvalue weighted by Gasteiger charge is 2.37. The van der Waals surface area contributed by atoms with Gasteiger partial charge in [-0.25, -0.2) is 0 Å². The highest BCUT2D eigenvalue weighted by Crippen LogP contribution is 2.30. The van der Waals surface area contributed by atoms with Gasteiger partial charge in [-0.2, -0.15) is 13.2 Å². The maximum absolute atomic E-state index is 12.3. The lowest BCUT2D eigenvalue weighted by Gasteiger charge is -2.14. The van der Waals surface area contributed by atoms with Crippen molar-refractivity contribution in [2.45, 2.75) is 18.4 Å². The number of hydrogen-bond donors (Lipinski definition) is 1. The number of hydrogen-bond acceptors (Lipinski definition) is 2. The zero-order chi connectivity index (χ0) is 14.1. The molecule has 0 spiro atoms. The monoisotopic (exact) mass is 295 g/mol. The molecule has 0 atom stereocenters. The first-order chi connectivity index (χ1) is 8.04. The minimum absolute atomic E-state index is 0.112. The molecule has 3 nitrogen and oxygen atoms in total. The standard InChI is InChI=1S/C8H4ClF6NO2/c9-2-3-4(17)1-5(7(10,11)12)16-6(3)18-8(13,14)15/h1H,2H2,(H,16,17). The van der Waals surface area contributed by atoms with Crippen molar-refractivity contribution in [2.75, 3.05) is 0 Å². The summed E-state index contributed by atoms with van der Waals surface area (Å²) in [6.45, 7) is 0. The summed E-state index contributed by atoms with van der Waals surface area (Å²) in [5.41, 5.74) is -3.68. The molecule has 0 radical (unpaired) electrons. The molecule has 10 heteroatoms. The fraction of sp³-hybridized carbons (Fsp3) is 0.375. The predicted molar refractivity (Wildman–Crippen MR) is 48.3 cm³/mol. The Morgan fingerprint density at radius 2 is 1.78 bits per heavy atom. The lowest BCUT2D eigenvalue weighted by molar-refractivity contribution is -0.276. The number of pyridine rings is 1. The van der Waals surface area contributed by atoms with Gasteiger partial charge in [0, 0.05) is 6.07 Å². The van der Waals surface area contributed by atoms with Crippen molar-refractivity contribution >= 4 is 11.6 Å². The zero-order valence-electron chi connectivity index (χ0n) is 8.25. The van der Waals surface area contributed by atoms with E-state index in [1.807, 2.05) is 0 Å². The first kappa shape index (κ1) is 14.7. The highest BCUT2D eigenvalue weighted by molar-refractivity contribution is 6.17. The lowest BCUT2D eigenvalue weighted by atomic mass is 10.2. The average Bonchev–Trinajstić information content (AvgIpc) is 2.13. The van der Waals surface area contributed by atoms with Crippen molar-refractivity contribution in [3.63, 3.8) is 0 Å². The minimum atomic E-state index is -5.24. The molecular weight excluding hydrogens is 292 g/mol. The summed E-state index contributed by atoms with van der Waals surface area (Å²) in [5, 5.41) is 0. The molecule has 0 fully saturated rings. The van der Waals surface area contributed by atoms with Crippen LogP contribution in [0.2, 0.25) is 0 Å². The second-order valence-corrected chi connectivity index (χ2v) is 3.30. The number of ether oxygens (including phenoxy) is 1. The average molecular weight is 296 g/mol. The van der Waals surface area contributed by atoms with Crippen LogP contribution >= 0.6 is 11.6 Å². The SMILES string of the molecule is O=c1cc(C(F)(F)F)[nH]c(OC(F)(F)F)c1CCl. The van der Waals surface area contributed by atoms with Crippen molar-refractivity contribution < 1.29 is 31.1 Å². The van der Waals surface area contributed by atoms with E-state index in [0.717, 1.165) is 0 Å². The van der Waals surface area contributed by atoms with Crippen LogP contribution in [-0.2, 0) is 12.1 Å². The first-order valence-corrected chi connectivity index (χ1v) is 4.73. The molecule has 0 aromatic carbocycles. The quantitative estimate of drug-likeness (QED) is 0.673. The molecule has 1 heterocycles. The number of aromatic amines is 1. The van der Waals surface area contributed by atoms with E-state index in [1.54, 1.807) is 0 Å². The van der Waals surface area contributed by atoms with Crippen LogP contribution in [0, 0.1) is 0 Å². The van der Waals surface area contributed by atoms with Crippen molar-refractivity contribution in [1.29, 1.82) is 0 Å². The summed E-state index contributed by atoms with van der Waals surface area (Å²) in [7, 11) is 0. The van der Waals surface area contributed by atoms with E-state index < -0.39 is 41.0 Å². The van der Waals surface area contributed by atoms with Crippen LogP contribution in [0.1, 0.15) is 11.3 Å². The summed E-state index contributed by atoms with van der Waals surface area (Å²) < 4.78 is 76.0. The maximum atomic E-state index is 12.3. The van der Waals surface area contributed by atoms with Gasteiger partial charge in [-0.15, -0.1) is 24.8 Å². The van der Waals surface area contributed by atoms with E-state index >= 15 is 0 Å². The van der Waals surface area contributed by atoms with Gasteiger partial charge in [0.15, 0.2) is 5.43 Å². The summed E-state index contributed by atoms with van der Waals surface area (Å²) in [4.78, 5) is 12.5. The maximum Gasteiger partial charge on any atom is 0.574 e. The normalized spacial score (nSPS) is 12.6. The third kappa shape index (κ3) is 3.56. The number of H-pyrrole nitrogens is 1. The molecule has 0 amide bonds. The third-order valence-corrected chi connectivity index (χ3v) is 2.02. The molecule has 1 aromatic heterocycles. The smallest absolute Gasteiger partial charge is 0.389 e. The third-order valence-electron chi connectivity index (χ3n) is 1.75. The Morgan fingerprint density at radius 3 is 2.17 bits per heavy atom. The van der Waals surface area contributed by atoms with Gasteiger partial charge in [0.2, 0.25) is 5.88 Å². The molecule has 18 heavy (non-hydrogen) atoms. The summed E-state index contributed by atoms with van der Waals surface area (Å²) in [6, 6.07) is 0.112. The number of nitrogens with one attached hydrogen (secondary N) is 1. The van der Waals surface area contributed by atoms with Gasteiger partial charge in [-0.1, -0.05) is 0 Å². The van der Waals surface area contributed by atoms with Gasteiger partial charge in [0.1, 0.15) is 5.69 Å². The molecule has 0 aliphatic heterocycles. The second kappa shape index (κ2) is 4.71. The number of rotatable bonds is 2. The largest absolute Gasteiger partial charge is 0.574 e. The predicted octanol–water partition coefficient (Wildman–Crippen LogP) is 3.03. The van der Waals surface area contributed by atoms with Crippen molar-refractivity contribution in [3.8, 4) is 5.88 Å². The van der Waals surface area contributed by atoms with Gasteiger partial charge in [0.05, 0.1) is 11.4 Å². The molecule has 0 aliphatic carbocycles. The van der Waals surface area contributed by atoms with Crippen LogP contribution in [0.5, 0.6) is 5.88 Å². The van der Waals surface area contributed by atoms with E-state index in [-0.39, 0.29) is 6.07 Å². The molecule has 102 valence electrons. The number of alkyl halides is 7. The van der Waals surface area contributed by atoms with Crippen LogP contribution in [-0.4, -0.2) is 11.3 Å². The topological polar surface area (TPSA) is 42.1 Å². The first-order valence-electron chi connectivity index (χ1n) is 4.19. The van der Waals surface area contributed by atoms with Crippen molar-refractivity contribution in [3.05, 3.63) is 27.5 Å². The van der Waals surface area contributed by atoms with Gasteiger partial charge >= 0.3 is 12.5 Å². The van der Waals surface area contributed by atoms with E-state index in [0.29, 0.717) is 0 Å². The second-order valence-electron chi connectivity index (χ2n) is 3.03. The molecule has 0 bridgehead atoms. The van der Waals surface area contributed by atoms with E-state index in [1.165, 1.54) is 4.98 Å². The Balaban J connectivity index is 3.38. The number of aromatic nitrogens is 1. The fourth-order valence-corrected chi connectivity index (χ4v) is 1.30. The van der Waals surface area contributed by atoms with Crippen molar-refractivity contribution in [1.82, 2.24) is 4.98 Å². The van der Waals surface area contributed by atoms with Crippen LogP contribution < -0.4 is 10.2 Å². The summed E-state index contributed by atoms with van der Waals surface area (Å²) in [6.07, 6.45) is -10.2. The zero-order valence-corrected chi connectivity index (χ0v) is 9.00. The van der Waals surface area contributed by atoms with Gasteiger partial charge in [-0.3, -0.25) is 4.79 Å². The molecule has 0 aliphatic rings.